The van der Waals surface area contributed by atoms with E-state index >= 15 is 0 Å². The van der Waals surface area contributed by atoms with Crippen LogP contribution in [0.15, 0.2) is 40.9 Å². The molecule has 0 aromatic heterocycles. The molecular weight excluding hydrogens is 337 g/mol. The number of benzene rings is 2. The Bertz CT molecular complexity index is 634. The number of ether oxygens (including phenoxy) is 2. The summed E-state index contributed by atoms with van der Waals surface area (Å²) in [5, 5.41) is 3.13. The molecule has 2 aromatic rings. The van der Waals surface area contributed by atoms with Crippen LogP contribution in [0.5, 0.6) is 11.5 Å². The fraction of sp³-hybridized carbons (Fsp3) is 0.250. The smallest absolute Gasteiger partial charge is 0.165 e. The Morgan fingerprint density at radius 1 is 1.05 bits per heavy atom. The van der Waals surface area contributed by atoms with Crippen molar-refractivity contribution in [3.8, 4) is 11.5 Å². The highest BCUT2D eigenvalue weighted by molar-refractivity contribution is 9.10. The molecule has 0 spiro atoms. The largest absolute Gasteiger partial charge is 0.493 e. The second-order valence-electron chi connectivity index (χ2n) is 4.45. The van der Waals surface area contributed by atoms with Gasteiger partial charge in [-0.2, -0.15) is 0 Å². The third-order valence-corrected chi connectivity index (χ3v) is 3.94. The van der Waals surface area contributed by atoms with E-state index in [-0.39, 0.29) is 11.9 Å². The lowest BCUT2D eigenvalue weighted by Gasteiger charge is -2.22. The summed E-state index contributed by atoms with van der Waals surface area (Å²) < 4.78 is 25.6. The highest BCUT2D eigenvalue weighted by atomic mass is 79.9. The molecule has 0 aliphatic rings. The number of rotatable bonds is 5. The molecule has 0 amide bonds. The van der Waals surface area contributed by atoms with E-state index in [0.717, 1.165) is 5.56 Å². The van der Waals surface area contributed by atoms with Gasteiger partial charge in [-0.3, -0.25) is 0 Å². The fourth-order valence-corrected chi connectivity index (χ4v) is 2.74. The zero-order valence-electron chi connectivity index (χ0n) is 12.1. The van der Waals surface area contributed by atoms with Gasteiger partial charge in [0.25, 0.3) is 0 Å². The third kappa shape index (κ3) is 3.04. The molecule has 0 radical (unpaired) electrons. The Morgan fingerprint density at radius 3 is 2.33 bits per heavy atom. The quantitative estimate of drug-likeness (QED) is 0.883. The average molecular weight is 354 g/mol. The number of para-hydroxylation sites is 1. The van der Waals surface area contributed by atoms with E-state index in [0.29, 0.717) is 21.5 Å². The normalized spacial score (nSPS) is 12.0. The number of halogens is 2. The van der Waals surface area contributed by atoms with E-state index < -0.39 is 0 Å². The summed E-state index contributed by atoms with van der Waals surface area (Å²) in [5.74, 6) is 0.922. The molecule has 0 saturated heterocycles. The van der Waals surface area contributed by atoms with Crippen LogP contribution in [-0.4, -0.2) is 21.3 Å². The lowest BCUT2D eigenvalue weighted by atomic mass is 9.97. The maximum absolute atomic E-state index is 14.4. The number of methoxy groups -OCH3 is 2. The average Bonchev–Trinajstić information content (AvgIpc) is 2.51. The fourth-order valence-electron chi connectivity index (χ4n) is 2.36. The van der Waals surface area contributed by atoms with Crippen molar-refractivity contribution in [3.05, 3.63) is 57.8 Å². The minimum Gasteiger partial charge on any atom is -0.493 e. The van der Waals surface area contributed by atoms with E-state index in [4.69, 9.17) is 9.47 Å². The summed E-state index contributed by atoms with van der Waals surface area (Å²) >= 11 is 3.22. The Morgan fingerprint density at radius 2 is 1.71 bits per heavy atom. The molecule has 0 bridgehead atoms. The summed E-state index contributed by atoms with van der Waals surface area (Å²) in [7, 11) is 4.94. The van der Waals surface area contributed by atoms with Crippen LogP contribution >= 0.6 is 15.9 Å². The van der Waals surface area contributed by atoms with Crippen LogP contribution in [0, 0.1) is 5.82 Å². The van der Waals surface area contributed by atoms with Gasteiger partial charge in [0.15, 0.2) is 11.5 Å². The summed E-state index contributed by atoms with van der Waals surface area (Å²) in [5.41, 5.74) is 1.36. The topological polar surface area (TPSA) is 30.5 Å². The lowest BCUT2D eigenvalue weighted by molar-refractivity contribution is 0.349. The molecule has 2 aromatic carbocycles. The molecule has 112 valence electrons. The SMILES string of the molecule is CNC(c1cccc(Br)c1F)c1cccc(OC)c1OC. The zero-order chi connectivity index (χ0) is 15.4. The van der Waals surface area contributed by atoms with Gasteiger partial charge in [0.05, 0.1) is 24.7 Å². The highest BCUT2D eigenvalue weighted by Crippen LogP contribution is 2.38. The van der Waals surface area contributed by atoms with E-state index in [1.807, 2.05) is 18.2 Å². The summed E-state index contributed by atoms with van der Waals surface area (Å²) in [4.78, 5) is 0. The molecule has 0 aliphatic heterocycles. The van der Waals surface area contributed by atoms with Gasteiger partial charge in [-0.05, 0) is 35.1 Å². The minimum atomic E-state index is -0.340. The molecule has 0 heterocycles. The molecule has 3 nitrogen and oxygen atoms in total. The van der Waals surface area contributed by atoms with Crippen LogP contribution in [0.4, 0.5) is 4.39 Å². The lowest BCUT2D eigenvalue weighted by Crippen LogP contribution is -2.20. The van der Waals surface area contributed by atoms with Crippen molar-refractivity contribution in [1.82, 2.24) is 5.32 Å². The predicted octanol–water partition coefficient (Wildman–Crippen LogP) is 3.91. The summed E-state index contributed by atoms with van der Waals surface area (Å²) in [6.07, 6.45) is 0. The number of nitrogens with one attached hydrogen (secondary N) is 1. The number of hydrogen-bond acceptors (Lipinski definition) is 3. The standard InChI is InChI=1S/C16H17BrFNO2/c1-19-15(10-6-4-8-12(17)14(10)18)11-7-5-9-13(20-2)16(11)21-3/h4-9,15,19H,1-3H3. The molecule has 21 heavy (non-hydrogen) atoms. The Hall–Kier alpha value is -1.59. The second-order valence-corrected chi connectivity index (χ2v) is 5.30. The maximum atomic E-state index is 14.4. The van der Waals surface area contributed by atoms with Crippen molar-refractivity contribution in [2.75, 3.05) is 21.3 Å². The van der Waals surface area contributed by atoms with Crippen molar-refractivity contribution >= 4 is 15.9 Å². The van der Waals surface area contributed by atoms with Gasteiger partial charge in [0, 0.05) is 11.1 Å². The second kappa shape index (κ2) is 6.91. The first-order valence-electron chi connectivity index (χ1n) is 6.46. The van der Waals surface area contributed by atoms with Crippen LogP contribution in [0.1, 0.15) is 17.2 Å². The van der Waals surface area contributed by atoms with Crippen LogP contribution in [-0.2, 0) is 0 Å². The first kappa shape index (κ1) is 15.8. The molecule has 1 atom stereocenters. The van der Waals surface area contributed by atoms with Crippen LogP contribution in [0.3, 0.4) is 0 Å². The van der Waals surface area contributed by atoms with Crippen molar-refractivity contribution in [3.63, 3.8) is 0 Å². The maximum Gasteiger partial charge on any atom is 0.165 e. The Balaban J connectivity index is 2.59. The monoisotopic (exact) mass is 353 g/mol. The van der Waals surface area contributed by atoms with Crippen LogP contribution in [0.2, 0.25) is 0 Å². The minimum absolute atomic E-state index is 0.290. The molecule has 1 unspecified atom stereocenters. The van der Waals surface area contributed by atoms with Gasteiger partial charge in [0.1, 0.15) is 5.82 Å². The predicted molar refractivity (Wildman–Crippen MR) is 84.5 cm³/mol. The summed E-state index contributed by atoms with van der Waals surface area (Å²) in [6, 6.07) is 10.5. The van der Waals surface area contributed by atoms with E-state index in [1.165, 1.54) is 0 Å². The van der Waals surface area contributed by atoms with Crippen LogP contribution < -0.4 is 14.8 Å². The van der Waals surface area contributed by atoms with Gasteiger partial charge in [-0.1, -0.05) is 24.3 Å². The first-order valence-corrected chi connectivity index (χ1v) is 7.25. The van der Waals surface area contributed by atoms with E-state index in [2.05, 4.69) is 21.2 Å². The Labute approximate surface area is 132 Å². The van der Waals surface area contributed by atoms with Crippen molar-refractivity contribution in [2.45, 2.75) is 6.04 Å². The summed E-state index contributed by atoms with van der Waals surface area (Å²) in [6.45, 7) is 0. The molecule has 0 aliphatic carbocycles. The van der Waals surface area contributed by atoms with Crippen molar-refractivity contribution in [2.24, 2.45) is 0 Å². The molecular formula is C16H17BrFNO2. The van der Waals surface area contributed by atoms with Crippen molar-refractivity contribution < 1.29 is 13.9 Å². The Kier molecular flexibility index (Phi) is 5.20. The van der Waals surface area contributed by atoms with Gasteiger partial charge in [0.2, 0.25) is 0 Å². The molecule has 1 N–H and O–H groups in total. The van der Waals surface area contributed by atoms with Gasteiger partial charge < -0.3 is 14.8 Å². The van der Waals surface area contributed by atoms with Gasteiger partial charge >= 0.3 is 0 Å². The van der Waals surface area contributed by atoms with Crippen molar-refractivity contribution in [1.29, 1.82) is 0 Å². The van der Waals surface area contributed by atoms with E-state index in [9.17, 15) is 4.39 Å². The highest BCUT2D eigenvalue weighted by Gasteiger charge is 2.22. The van der Waals surface area contributed by atoms with E-state index in [1.54, 1.807) is 39.5 Å². The van der Waals surface area contributed by atoms with Gasteiger partial charge in [-0.25, -0.2) is 4.39 Å². The number of hydrogen-bond donors (Lipinski definition) is 1. The zero-order valence-corrected chi connectivity index (χ0v) is 13.7. The molecule has 5 heteroatoms. The third-order valence-electron chi connectivity index (χ3n) is 3.33. The van der Waals surface area contributed by atoms with Crippen LogP contribution in [0.25, 0.3) is 0 Å². The molecule has 0 fully saturated rings. The first-order chi connectivity index (χ1) is 10.1. The van der Waals surface area contributed by atoms with Gasteiger partial charge in [-0.15, -0.1) is 0 Å². The molecule has 2 rings (SSSR count). The molecule has 0 saturated carbocycles.